The van der Waals surface area contributed by atoms with E-state index in [2.05, 4.69) is 5.32 Å². The minimum atomic E-state index is -1.24. The highest BCUT2D eigenvalue weighted by atomic mass is 16.5. The number of rotatable bonds is 11. The Kier molecular flexibility index (Phi) is 9.51. The normalized spacial score (nSPS) is 18.0. The number of nitrogens with one attached hydrogen (secondary N) is 1. The lowest BCUT2D eigenvalue weighted by Gasteiger charge is -2.34. The minimum Gasteiger partial charge on any atom is -0.484 e. The summed E-state index contributed by atoms with van der Waals surface area (Å²) in [5.41, 5.74) is 1.85. The van der Waals surface area contributed by atoms with E-state index in [1.54, 1.807) is 17.0 Å². The summed E-state index contributed by atoms with van der Waals surface area (Å²) in [5, 5.41) is 24.6. The van der Waals surface area contributed by atoms with E-state index in [1.807, 2.05) is 57.2 Å². The Balaban J connectivity index is 1.54. The van der Waals surface area contributed by atoms with E-state index in [9.17, 15) is 19.8 Å². The fraction of sp³-hybridized carbons (Fsp3) is 0.481. The molecule has 8 nitrogen and oxygen atoms in total. The molecule has 190 valence electrons. The van der Waals surface area contributed by atoms with Gasteiger partial charge in [0, 0.05) is 6.54 Å². The monoisotopic (exact) mass is 484 g/mol. The first-order valence-corrected chi connectivity index (χ1v) is 12.1. The van der Waals surface area contributed by atoms with Crippen LogP contribution in [0, 0.1) is 13.8 Å². The molecule has 2 amide bonds. The zero-order valence-corrected chi connectivity index (χ0v) is 20.6. The maximum Gasteiger partial charge on any atom is 0.260 e. The molecule has 35 heavy (non-hydrogen) atoms. The third-order valence-electron chi connectivity index (χ3n) is 6.46. The number of carbonyl (C=O) groups is 2. The van der Waals surface area contributed by atoms with Crippen molar-refractivity contribution < 1.29 is 29.3 Å². The van der Waals surface area contributed by atoms with E-state index < -0.39 is 30.2 Å². The van der Waals surface area contributed by atoms with Crippen molar-refractivity contribution in [2.24, 2.45) is 0 Å². The van der Waals surface area contributed by atoms with E-state index >= 15 is 0 Å². The molecule has 2 aromatic rings. The molecule has 0 aromatic heterocycles. The molecule has 8 heteroatoms. The highest BCUT2D eigenvalue weighted by Crippen LogP contribution is 2.24. The average Bonchev–Trinajstić information content (AvgIpc) is 3.35. The van der Waals surface area contributed by atoms with Crippen LogP contribution < -0.4 is 14.8 Å². The number of ether oxygens (including phenoxy) is 2. The fourth-order valence-corrected chi connectivity index (χ4v) is 4.40. The Labute approximate surface area is 206 Å². The molecule has 1 aliphatic rings. The van der Waals surface area contributed by atoms with Gasteiger partial charge in [-0.25, -0.2) is 0 Å². The molecule has 1 heterocycles. The maximum atomic E-state index is 12.9. The first-order valence-electron chi connectivity index (χ1n) is 12.1. The molecule has 1 aliphatic heterocycles. The number of carbonyl (C=O) groups excluding carboxylic acids is 2. The number of likely N-dealkylation sites (tertiary alicyclic amines) is 1. The van der Waals surface area contributed by atoms with Crippen LogP contribution in [0.1, 0.15) is 37.3 Å². The number of hydrogen-bond donors (Lipinski definition) is 3. The number of hydrogen-bond acceptors (Lipinski definition) is 6. The van der Waals surface area contributed by atoms with Crippen LogP contribution in [0.5, 0.6) is 11.5 Å². The van der Waals surface area contributed by atoms with Gasteiger partial charge in [-0.05, 0) is 56.4 Å². The van der Waals surface area contributed by atoms with Crippen molar-refractivity contribution >= 4 is 11.8 Å². The second-order valence-corrected chi connectivity index (χ2v) is 8.97. The summed E-state index contributed by atoms with van der Waals surface area (Å²) in [6.45, 7) is 5.75. The molecule has 3 rings (SSSR count). The van der Waals surface area contributed by atoms with Gasteiger partial charge >= 0.3 is 0 Å². The van der Waals surface area contributed by atoms with Crippen LogP contribution >= 0.6 is 0 Å². The summed E-state index contributed by atoms with van der Waals surface area (Å²) >= 11 is 0. The van der Waals surface area contributed by atoms with E-state index in [0.717, 1.165) is 17.5 Å². The first-order chi connectivity index (χ1) is 16.8. The van der Waals surface area contributed by atoms with Crippen molar-refractivity contribution in [3.63, 3.8) is 0 Å². The van der Waals surface area contributed by atoms with Crippen LogP contribution in [0.4, 0.5) is 0 Å². The quantitative estimate of drug-likeness (QED) is 0.452. The van der Waals surface area contributed by atoms with Crippen molar-refractivity contribution in [2.45, 2.75) is 64.3 Å². The van der Waals surface area contributed by atoms with Gasteiger partial charge in [0.1, 0.15) is 23.7 Å². The lowest BCUT2D eigenvalue weighted by atomic mass is 9.96. The van der Waals surface area contributed by atoms with Gasteiger partial charge in [0.05, 0.1) is 12.1 Å². The van der Waals surface area contributed by atoms with Crippen molar-refractivity contribution in [3.05, 3.63) is 59.7 Å². The van der Waals surface area contributed by atoms with Crippen LogP contribution in [0.2, 0.25) is 0 Å². The van der Waals surface area contributed by atoms with Gasteiger partial charge in [-0.2, -0.15) is 0 Å². The number of amides is 2. The van der Waals surface area contributed by atoms with Crippen molar-refractivity contribution in [3.8, 4) is 11.5 Å². The third kappa shape index (κ3) is 6.96. The molecule has 1 fully saturated rings. The van der Waals surface area contributed by atoms with E-state index in [0.29, 0.717) is 30.9 Å². The molecule has 0 saturated carbocycles. The summed E-state index contributed by atoms with van der Waals surface area (Å²) < 4.78 is 11.3. The van der Waals surface area contributed by atoms with Crippen LogP contribution in [0.15, 0.2) is 48.5 Å². The van der Waals surface area contributed by atoms with Crippen molar-refractivity contribution in [1.29, 1.82) is 0 Å². The van der Waals surface area contributed by atoms with Gasteiger partial charge in [0.25, 0.3) is 11.8 Å². The zero-order valence-electron chi connectivity index (χ0n) is 20.6. The van der Waals surface area contributed by atoms with Crippen molar-refractivity contribution in [1.82, 2.24) is 10.2 Å². The molecular weight excluding hydrogens is 448 g/mol. The molecule has 3 N–H and O–H groups in total. The molecular formula is C27H36N2O6. The van der Waals surface area contributed by atoms with Gasteiger partial charge in [-0.15, -0.1) is 0 Å². The Morgan fingerprint density at radius 2 is 1.57 bits per heavy atom. The van der Waals surface area contributed by atoms with Crippen molar-refractivity contribution in [2.75, 3.05) is 19.8 Å². The Morgan fingerprint density at radius 1 is 1.00 bits per heavy atom. The summed E-state index contributed by atoms with van der Waals surface area (Å²) in [4.78, 5) is 26.9. The SMILES string of the molecule is CC[C@H](NC(=O)COc1ccccc1C)[C@H](O)[C@@H](O)[C@@H]1CCCN1C(=O)COc1ccccc1C. The van der Waals surface area contributed by atoms with Crippen LogP contribution in [0.25, 0.3) is 0 Å². The fourth-order valence-electron chi connectivity index (χ4n) is 4.40. The molecule has 0 spiro atoms. The molecule has 0 aliphatic carbocycles. The van der Waals surface area contributed by atoms with Crippen LogP contribution in [-0.4, -0.2) is 71.0 Å². The number of aliphatic hydroxyl groups excluding tert-OH is 2. The van der Waals surface area contributed by atoms with E-state index in [1.165, 1.54) is 0 Å². The second-order valence-electron chi connectivity index (χ2n) is 8.97. The lowest BCUT2D eigenvalue weighted by Crippen LogP contribution is -2.56. The summed E-state index contributed by atoms with van der Waals surface area (Å²) in [6.07, 6.45) is -0.751. The van der Waals surface area contributed by atoms with Gasteiger partial charge in [0.15, 0.2) is 13.2 Å². The largest absolute Gasteiger partial charge is 0.484 e. The molecule has 0 radical (unpaired) electrons. The summed E-state index contributed by atoms with van der Waals surface area (Å²) in [7, 11) is 0. The van der Waals surface area contributed by atoms with Gasteiger partial charge in [-0.1, -0.05) is 43.3 Å². The molecule has 4 atom stereocenters. The summed E-state index contributed by atoms with van der Waals surface area (Å²) in [5.74, 6) is 0.617. The Bertz CT molecular complexity index is 997. The Hall–Kier alpha value is -3.10. The topological polar surface area (TPSA) is 108 Å². The van der Waals surface area contributed by atoms with E-state index in [-0.39, 0.29) is 19.1 Å². The van der Waals surface area contributed by atoms with Gasteiger partial charge < -0.3 is 29.9 Å². The second kappa shape index (κ2) is 12.6. The predicted molar refractivity (Wildman–Crippen MR) is 132 cm³/mol. The standard InChI is InChI=1S/C27H36N2O6/c1-4-20(28-24(30)16-34-22-13-7-5-10-18(22)2)26(32)27(33)21-12-9-15-29(21)25(31)17-35-23-14-8-6-11-19(23)3/h5-8,10-11,13-14,20-21,26-27,32-33H,4,9,12,15-17H2,1-3H3,(H,28,30)/t20-,21-,26-,27-/m0/s1. The Morgan fingerprint density at radius 3 is 2.14 bits per heavy atom. The van der Waals surface area contributed by atoms with Crippen LogP contribution in [0.3, 0.4) is 0 Å². The molecule has 0 unspecified atom stereocenters. The number of aryl methyl sites for hydroxylation is 2. The number of nitrogens with zero attached hydrogens (tertiary/aromatic N) is 1. The number of benzene rings is 2. The highest BCUT2D eigenvalue weighted by Gasteiger charge is 2.39. The summed E-state index contributed by atoms with van der Waals surface area (Å²) in [6, 6.07) is 13.6. The smallest absolute Gasteiger partial charge is 0.260 e. The molecule has 2 aromatic carbocycles. The number of aliphatic hydroxyl groups is 2. The predicted octanol–water partition coefficient (Wildman–Crippen LogP) is 2.37. The van der Waals surface area contributed by atoms with Crippen LogP contribution in [-0.2, 0) is 9.59 Å². The van der Waals surface area contributed by atoms with Gasteiger partial charge in [0.2, 0.25) is 0 Å². The average molecular weight is 485 g/mol. The highest BCUT2D eigenvalue weighted by molar-refractivity contribution is 5.79. The molecule has 1 saturated heterocycles. The minimum absolute atomic E-state index is 0.144. The maximum absolute atomic E-state index is 12.9. The lowest BCUT2D eigenvalue weighted by molar-refractivity contribution is -0.139. The van der Waals surface area contributed by atoms with E-state index in [4.69, 9.17) is 9.47 Å². The van der Waals surface area contributed by atoms with Gasteiger partial charge in [-0.3, -0.25) is 9.59 Å². The number of para-hydroxylation sites is 2. The zero-order chi connectivity index (χ0) is 25.4. The third-order valence-corrected chi connectivity index (χ3v) is 6.46. The first kappa shape index (κ1) is 26.5. The molecule has 0 bridgehead atoms.